The minimum Gasteiger partial charge on any atom is -0.358 e. The van der Waals surface area contributed by atoms with E-state index in [1.165, 1.54) is 16.6 Å². The molecule has 3 rings (SSSR count). The summed E-state index contributed by atoms with van der Waals surface area (Å²) in [5.41, 5.74) is 9.54. The molecule has 1 aliphatic heterocycles. The first-order chi connectivity index (χ1) is 9.72. The Morgan fingerprint density at radius 3 is 2.65 bits per heavy atom. The first-order valence-electron chi connectivity index (χ1n) is 7.02. The van der Waals surface area contributed by atoms with Gasteiger partial charge in [-0.05, 0) is 17.5 Å². The Morgan fingerprint density at radius 2 is 1.95 bits per heavy atom. The lowest BCUT2D eigenvalue weighted by molar-refractivity contribution is 0.144. The molecule has 0 saturated carbocycles. The van der Waals surface area contributed by atoms with E-state index in [0.717, 1.165) is 26.1 Å². The number of hydrogen-bond acceptors (Lipinski definition) is 2. The van der Waals surface area contributed by atoms with Crippen LogP contribution in [-0.4, -0.2) is 53.5 Å². The van der Waals surface area contributed by atoms with Crippen LogP contribution in [0.25, 0.3) is 10.9 Å². The molecular weight excluding hydrogens is 252 g/mol. The van der Waals surface area contributed by atoms with E-state index in [-0.39, 0.29) is 0 Å². The number of nitrogens with one attached hydrogen (secondary N) is 2. The van der Waals surface area contributed by atoms with Crippen molar-refractivity contribution in [2.45, 2.75) is 6.42 Å². The lowest BCUT2D eigenvalue weighted by Gasteiger charge is -2.33. The van der Waals surface area contributed by atoms with Gasteiger partial charge in [-0.1, -0.05) is 18.2 Å². The number of urea groups is 1. The number of fused-ring (bicyclic) bond motifs is 1. The van der Waals surface area contributed by atoms with Crippen molar-refractivity contribution in [2.75, 3.05) is 32.7 Å². The molecule has 1 radical (unpaired) electrons. The fraction of sp³-hybridized carbons (Fsp3) is 0.400. The SMILES string of the molecule is [NH]C(=O)N1CCN(CCc2cc3ccccc3[nH]2)CC1. The molecule has 0 atom stereocenters. The Bertz CT molecular complexity index is 566. The predicted molar refractivity (Wildman–Crippen MR) is 78.5 cm³/mol. The number of carbonyl (C=O) groups excluding carboxylic acids is 1. The summed E-state index contributed by atoms with van der Waals surface area (Å²) >= 11 is 0. The molecule has 1 fully saturated rings. The number of nitrogens with zero attached hydrogens (tertiary/aromatic N) is 2. The lowest BCUT2D eigenvalue weighted by atomic mass is 10.2. The fourth-order valence-corrected chi connectivity index (χ4v) is 2.72. The van der Waals surface area contributed by atoms with Gasteiger partial charge >= 0.3 is 6.03 Å². The van der Waals surface area contributed by atoms with Crippen molar-refractivity contribution in [1.82, 2.24) is 20.5 Å². The zero-order valence-electron chi connectivity index (χ0n) is 11.4. The summed E-state index contributed by atoms with van der Waals surface area (Å²) in [5.74, 6) is 0. The molecule has 0 unspecified atom stereocenters. The largest absolute Gasteiger partial charge is 0.358 e. The Hall–Kier alpha value is -2.01. The van der Waals surface area contributed by atoms with Gasteiger partial charge in [0.15, 0.2) is 0 Å². The van der Waals surface area contributed by atoms with Crippen LogP contribution in [0.4, 0.5) is 4.79 Å². The molecule has 0 bridgehead atoms. The van der Waals surface area contributed by atoms with Crippen LogP contribution in [0.15, 0.2) is 30.3 Å². The highest BCUT2D eigenvalue weighted by Gasteiger charge is 2.19. The van der Waals surface area contributed by atoms with Gasteiger partial charge in [0, 0.05) is 50.4 Å². The van der Waals surface area contributed by atoms with Gasteiger partial charge in [-0.2, -0.15) is 0 Å². The zero-order valence-corrected chi connectivity index (χ0v) is 11.4. The van der Waals surface area contributed by atoms with E-state index in [2.05, 4.69) is 34.1 Å². The van der Waals surface area contributed by atoms with E-state index in [1.54, 1.807) is 4.90 Å². The minimum absolute atomic E-state index is 0.555. The number of aromatic amines is 1. The Balaban J connectivity index is 1.54. The molecule has 2 heterocycles. The van der Waals surface area contributed by atoms with E-state index in [1.807, 2.05) is 6.07 Å². The second-order valence-electron chi connectivity index (χ2n) is 5.27. The molecule has 5 nitrogen and oxygen atoms in total. The number of carbonyl (C=O) groups is 1. The van der Waals surface area contributed by atoms with E-state index in [9.17, 15) is 4.79 Å². The molecular formula is C15H19N4O. The van der Waals surface area contributed by atoms with E-state index < -0.39 is 6.03 Å². The van der Waals surface area contributed by atoms with Crippen LogP contribution in [0.3, 0.4) is 0 Å². The van der Waals surface area contributed by atoms with E-state index in [0.29, 0.717) is 13.1 Å². The topological polar surface area (TPSA) is 63.1 Å². The molecule has 0 spiro atoms. The van der Waals surface area contributed by atoms with E-state index in [4.69, 9.17) is 5.73 Å². The van der Waals surface area contributed by atoms with Crippen LogP contribution >= 0.6 is 0 Å². The monoisotopic (exact) mass is 271 g/mol. The van der Waals surface area contributed by atoms with Gasteiger partial charge in [0.05, 0.1) is 0 Å². The Kier molecular flexibility index (Phi) is 3.60. The smallest absolute Gasteiger partial charge is 0.336 e. The maximum atomic E-state index is 11.0. The number of benzene rings is 1. The number of hydrogen-bond donors (Lipinski definition) is 1. The molecule has 1 aliphatic rings. The van der Waals surface area contributed by atoms with Gasteiger partial charge in [-0.3, -0.25) is 4.90 Å². The van der Waals surface area contributed by atoms with Gasteiger partial charge in [0.2, 0.25) is 0 Å². The summed E-state index contributed by atoms with van der Waals surface area (Å²) in [6, 6.07) is 9.96. The highest BCUT2D eigenvalue weighted by Crippen LogP contribution is 2.15. The maximum Gasteiger partial charge on any atom is 0.336 e. The van der Waals surface area contributed by atoms with Gasteiger partial charge in [0.25, 0.3) is 0 Å². The van der Waals surface area contributed by atoms with Crippen LogP contribution in [0, 0.1) is 0 Å². The zero-order chi connectivity index (χ0) is 13.9. The quantitative estimate of drug-likeness (QED) is 0.924. The Labute approximate surface area is 118 Å². The summed E-state index contributed by atoms with van der Waals surface area (Å²) in [5, 5.41) is 1.26. The summed E-state index contributed by atoms with van der Waals surface area (Å²) < 4.78 is 0. The molecule has 2 N–H and O–H groups in total. The molecule has 5 heteroatoms. The van der Waals surface area contributed by atoms with Crippen LogP contribution < -0.4 is 5.73 Å². The number of H-pyrrole nitrogens is 1. The van der Waals surface area contributed by atoms with E-state index >= 15 is 0 Å². The number of aromatic nitrogens is 1. The van der Waals surface area contributed by atoms with Crippen molar-refractivity contribution in [3.63, 3.8) is 0 Å². The van der Waals surface area contributed by atoms with Gasteiger partial charge < -0.3 is 9.88 Å². The average molecular weight is 271 g/mol. The van der Waals surface area contributed by atoms with Gasteiger partial charge in [-0.15, -0.1) is 0 Å². The van der Waals surface area contributed by atoms with Crippen molar-refractivity contribution in [2.24, 2.45) is 0 Å². The summed E-state index contributed by atoms with van der Waals surface area (Å²) in [6.45, 7) is 4.08. The van der Waals surface area contributed by atoms with Crippen molar-refractivity contribution in [3.8, 4) is 0 Å². The van der Waals surface area contributed by atoms with Crippen molar-refractivity contribution in [3.05, 3.63) is 36.0 Å². The molecule has 2 amide bonds. The first-order valence-corrected chi connectivity index (χ1v) is 7.02. The molecule has 1 aromatic heterocycles. The summed E-state index contributed by atoms with van der Waals surface area (Å²) in [7, 11) is 0. The predicted octanol–water partition coefficient (Wildman–Crippen LogP) is 1.73. The average Bonchev–Trinajstić information content (AvgIpc) is 2.88. The molecule has 20 heavy (non-hydrogen) atoms. The van der Waals surface area contributed by atoms with Crippen LogP contribution in [0.2, 0.25) is 0 Å². The second kappa shape index (κ2) is 5.54. The minimum atomic E-state index is -0.555. The highest BCUT2D eigenvalue weighted by molar-refractivity contribution is 5.80. The Morgan fingerprint density at radius 1 is 1.20 bits per heavy atom. The van der Waals surface area contributed by atoms with Crippen molar-refractivity contribution < 1.29 is 4.79 Å². The normalized spacial score (nSPS) is 16.7. The summed E-state index contributed by atoms with van der Waals surface area (Å²) in [4.78, 5) is 18.3. The van der Waals surface area contributed by atoms with Crippen molar-refractivity contribution >= 4 is 16.9 Å². The van der Waals surface area contributed by atoms with Gasteiger partial charge in [-0.25, -0.2) is 10.5 Å². The number of rotatable bonds is 3. The number of para-hydroxylation sites is 1. The number of amides is 2. The summed E-state index contributed by atoms with van der Waals surface area (Å²) in [6.07, 6.45) is 0.990. The van der Waals surface area contributed by atoms with Crippen molar-refractivity contribution in [1.29, 1.82) is 0 Å². The third-order valence-corrected chi connectivity index (χ3v) is 3.94. The number of piperazine rings is 1. The van der Waals surface area contributed by atoms with Crippen LogP contribution in [0.5, 0.6) is 0 Å². The highest BCUT2D eigenvalue weighted by atomic mass is 16.2. The lowest BCUT2D eigenvalue weighted by Crippen LogP contribution is -2.49. The van der Waals surface area contributed by atoms with Crippen LogP contribution in [-0.2, 0) is 6.42 Å². The molecule has 105 valence electrons. The third kappa shape index (κ3) is 2.77. The molecule has 1 saturated heterocycles. The van der Waals surface area contributed by atoms with Gasteiger partial charge in [0.1, 0.15) is 0 Å². The molecule has 2 aromatic rings. The molecule has 0 aliphatic carbocycles. The standard InChI is InChI=1S/C15H19N4O/c16-15(20)19-9-7-18(8-10-19)6-5-13-11-12-3-1-2-4-14(12)17-13/h1-4,11,16-17H,5-10H2. The first kappa shape index (κ1) is 13.0. The van der Waals surface area contributed by atoms with Crippen LogP contribution in [0.1, 0.15) is 5.69 Å². The second-order valence-corrected chi connectivity index (χ2v) is 5.27. The fourth-order valence-electron chi connectivity index (χ4n) is 2.72. The molecule has 1 aromatic carbocycles. The maximum absolute atomic E-state index is 11.0. The third-order valence-electron chi connectivity index (χ3n) is 3.94.